The van der Waals surface area contributed by atoms with Crippen molar-refractivity contribution in [2.24, 2.45) is 5.92 Å². The van der Waals surface area contributed by atoms with Crippen LogP contribution in [0.4, 0.5) is 5.69 Å². The summed E-state index contributed by atoms with van der Waals surface area (Å²) in [5.41, 5.74) is 2.55. The molecule has 3 nitrogen and oxygen atoms in total. The molecule has 2 rings (SSSR count). The van der Waals surface area contributed by atoms with Crippen LogP contribution in [0.3, 0.4) is 0 Å². The zero-order valence-electron chi connectivity index (χ0n) is 17.0. The lowest BCUT2D eigenvalue weighted by Crippen LogP contribution is -2.22. The van der Waals surface area contributed by atoms with Gasteiger partial charge in [-0.3, -0.25) is 0 Å². The molecule has 1 unspecified atom stereocenters. The van der Waals surface area contributed by atoms with Gasteiger partial charge in [-0.2, -0.15) is 0 Å². The second-order valence-corrected chi connectivity index (χ2v) is 8.31. The molecule has 2 aromatic carbocycles. The van der Waals surface area contributed by atoms with Gasteiger partial charge in [0.05, 0.1) is 13.2 Å². The summed E-state index contributed by atoms with van der Waals surface area (Å²) < 4.78 is 11.7. The lowest BCUT2D eigenvalue weighted by Gasteiger charge is -2.20. The van der Waals surface area contributed by atoms with Crippen molar-refractivity contribution in [1.29, 1.82) is 0 Å². The molecule has 0 heterocycles. The maximum atomic E-state index is 6.01. The summed E-state index contributed by atoms with van der Waals surface area (Å²) in [4.78, 5) is 0. The summed E-state index contributed by atoms with van der Waals surface area (Å²) in [6, 6.07) is 16.5. The van der Waals surface area contributed by atoms with Crippen LogP contribution in [-0.2, 0) is 5.41 Å². The Morgan fingerprint density at radius 3 is 1.96 bits per heavy atom. The van der Waals surface area contributed by atoms with Crippen LogP contribution in [0.25, 0.3) is 0 Å². The quantitative estimate of drug-likeness (QED) is 0.639. The molecule has 1 N–H and O–H groups in total. The third kappa shape index (κ3) is 6.62. The van der Waals surface area contributed by atoms with Crippen molar-refractivity contribution >= 4 is 5.69 Å². The van der Waals surface area contributed by atoms with E-state index in [-0.39, 0.29) is 11.5 Å². The zero-order chi connectivity index (χ0) is 19.2. The van der Waals surface area contributed by atoms with Crippen LogP contribution in [0.2, 0.25) is 0 Å². The van der Waals surface area contributed by atoms with Crippen molar-refractivity contribution < 1.29 is 9.47 Å². The van der Waals surface area contributed by atoms with Crippen LogP contribution in [0.15, 0.2) is 48.5 Å². The second-order valence-electron chi connectivity index (χ2n) is 8.31. The van der Waals surface area contributed by atoms with Gasteiger partial charge in [-0.05, 0) is 60.2 Å². The van der Waals surface area contributed by atoms with Gasteiger partial charge >= 0.3 is 0 Å². The molecule has 0 aliphatic carbocycles. The van der Waals surface area contributed by atoms with Crippen LogP contribution in [0.5, 0.6) is 11.5 Å². The Morgan fingerprint density at radius 2 is 1.42 bits per heavy atom. The van der Waals surface area contributed by atoms with E-state index in [9.17, 15) is 0 Å². The van der Waals surface area contributed by atoms with Crippen molar-refractivity contribution in [3.05, 3.63) is 54.1 Å². The zero-order valence-corrected chi connectivity index (χ0v) is 17.0. The first-order valence-corrected chi connectivity index (χ1v) is 9.48. The SMILES string of the molecule is CC(C)COc1ccc(NCC(C)Oc2ccc(C(C)(C)C)cc2)cc1. The highest BCUT2D eigenvalue weighted by atomic mass is 16.5. The maximum absolute atomic E-state index is 6.01. The Labute approximate surface area is 158 Å². The number of nitrogens with one attached hydrogen (secondary N) is 1. The van der Waals surface area contributed by atoms with E-state index in [1.54, 1.807) is 0 Å². The minimum absolute atomic E-state index is 0.0763. The van der Waals surface area contributed by atoms with Gasteiger partial charge in [0.2, 0.25) is 0 Å². The van der Waals surface area contributed by atoms with Gasteiger partial charge in [0, 0.05) is 5.69 Å². The average Bonchev–Trinajstić information content (AvgIpc) is 2.58. The van der Waals surface area contributed by atoms with Gasteiger partial charge in [0.15, 0.2) is 0 Å². The summed E-state index contributed by atoms with van der Waals surface area (Å²) in [5, 5.41) is 3.41. The molecule has 26 heavy (non-hydrogen) atoms. The molecule has 1 atom stereocenters. The molecule has 0 saturated carbocycles. The standard InChI is InChI=1S/C23H33NO2/c1-17(2)16-25-21-13-9-20(10-14-21)24-15-18(3)26-22-11-7-19(8-12-22)23(4,5)6/h7-14,17-18,24H,15-16H2,1-6H3. The van der Waals surface area contributed by atoms with Crippen molar-refractivity contribution in [2.45, 2.75) is 53.1 Å². The van der Waals surface area contributed by atoms with Crippen molar-refractivity contribution in [3.63, 3.8) is 0 Å². The van der Waals surface area contributed by atoms with Crippen molar-refractivity contribution in [1.82, 2.24) is 0 Å². The molecule has 3 heteroatoms. The number of rotatable bonds is 8. The predicted molar refractivity (Wildman–Crippen MR) is 110 cm³/mol. The predicted octanol–water partition coefficient (Wildman–Crippen LogP) is 5.90. The molecule has 0 amide bonds. The second kappa shape index (κ2) is 8.98. The molecule has 2 aromatic rings. The third-order valence-electron chi connectivity index (χ3n) is 4.09. The molecule has 0 aliphatic rings. The number of ether oxygens (including phenoxy) is 2. The van der Waals surface area contributed by atoms with E-state index < -0.39 is 0 Å². The number of benzene rings is 2. The molecule has 0 radical (unpaired) electrons. The maximum Gasteiger partial charge on any atom is 0.119 e. The summed E-state index contributed by atoms with van der Waals surface area (Å²) >= 11 is 0. The first-order chi connectivity index (χ1) is 12.2. The lowest BCUT2D eigenvalue weighted by molar-refractivity contribution is 0.234. The van der Waals surface area contributed by atoms with E-state index in [2.05, 4.69) is 71.1 Å². The fourth-order valence-electron chi connectivity index (χ4n) is 2.50. The molecular formula is C23H33NO2. The minimum Gasteiger partial charge on any atom is -0.493 e. The van der Waals surface area contributed by atoms with Gasteiger partial charge in [0.25, 0.3) is 0 Å². The Kier molecular flexibility index (Phi) is 6.96. The molecule has 0 bridgehead atoms. The highest BCUT2D eigenvalue weighted by Gasteiger charge is 2.13. The topological polar surface area (TPSA) is 30.5 Å². The Morgan fingerprint density at radius 1 is 0.846 bits per heavy atom. The largest absolute Gasteiger partial charge is 0.493 e. The molecule has 0 saturated heterocycles. The normalized spacial score (nSPS) is 12.7. The van der Waals surface area contributed by atoms with E-state index in [0.29, 0.717) is 5.92 Å². The lowest BCUT2D eigenvalue weighted by atomic mass is 9.87. The smallest absolute Gasteiger partial charge is 0.119 e. The fraction of sp³-hybridized carbons (Fsp3) is 0.478. The van der Waals surface area contributed by atoms with Crippen LogP contribution in [0, 0.1) is 5.92 Å². The van der Waals surface area contributed by atoms with Gasteiger partial charge in [0.1, 0.15) is 17.6 Å². The van der Waals surface area contributed by atoms with Gasteiger partial charge in [-0.25, -0.2) is 0 Å². The Bertz CT molecular complexity index is 654. The number of hydrogen-bond acceptors (Lipinski definition) is 3. The number of anilines is 1. The van der Waals surface area contributed by atoms with E-state index in [1.165, 1.54) is 5.56 Å². The van der Waals surface area contributed by atoms with E-state index in [1.807, 2.05) is 24.3 Å². The minimum atomic E-state index is 0.0763. The average molecular weight is 356 g/mol. The monoisotopic (exact) mass is 355 g/mol. The molecule has 0 fully saturated rings. The first kappa shape index (κ1) is 20.2. The third-order valence-corrected chi connectivity index (χ3v) is 4.09. The van der Waals surface area contributed by atoms with E-state index in [4.69, 9.17) is 9.47 Å². The van der Waals surface area contributed by atoms with E-state index >= 15 is 0 Å². The van der Waals surface area contributed by atoms with Crippen LogP contribution >= 0.6 is 0 Å². The summed E-state index contributed by atoms with van der Waals surface area (Å²) in [6.07, 6.45) is 0.0763. The van der Waals surface area contributed by atoms with Gasteiger partial charge in [-0.1, -0.05) is 46.8 Å². The summed E-state index contributed by atoms with van der Waals surface area (Å²) in [6.45, 7) is 14.5. The molecule has 0 aromatic heterocycles. The first-order valence-electron chi connectivity index (χ1n) is 9.48. The van der Waals surface area contributed by atoms with Crippen LogP contribution in [-0.4, -0.2) is 19.3 Å². The highest BCUT2D eigenvalue weighted by molar-refractivity contribution is 5.46. The van der Waals surface area contributed by atoms with Crippen molar-refractivity contribution in [3.8, 4) is 11.5 Å². The van der Waals surface area contributed by atoms with Crippen molar-refractivity contribution in [2.75, 3.05) is 18.5 Å². The summed E-state index contributed by atoms with van der Waals surface area (Å²) in [7, 11) is 0. The summed E-state index contributed by atoms with van der Waals surface area (Å²) in [5.74, 6) is 2.35. The van der Waals surface area contributed by atoms with Crippen LogP contribution in [0.1, 0.15) is 47.1 Å². The molecule has 142 valence electrons. The van der Waals surface area contributed by atoms with Gasteiger partial charge in [-0.15, -0.1) is 0 Å². The molecular weight excluding hydrogens is 322 g/mol. The highest BCUT2D eigenvalue weighted by Crippen LogP contribution is 2.24. The Hall–Kier alpha value is -2.16. The molecule has 0 aliphatic heterocycles. The Balaban J connectivity index is 1.80. The van der Waals surface area contributed by atoms with Gasteiger partial charge < -0.3 is 14.8 Å². The molecule has 0 spiro atoms. The van der Waals surface area contributed by atoms with Crippen LogP contribution < -0.4 is 14.8 Å². The number of hydrogen-bond donors (Lipinski definition) is 1. The van der Waals surface area contributed by atoms with E-state index in [0.717, 1.165) is 30.3 Å². The fourth-order valence-corrected chi connectivity index (χ4v) is 2.50.